The fourth-order valence-corrected chi connectivity index (χ4v) is 2.59. The van der Waals surface area contributed by atoms with Crippen molar-refractivity contribution in [3.63, 3.8) is 0 Å². The summed E-state index contributed by atoms with van der Waals surface area (Å²) in [5.74, 6) is 0.0385. The lowest BCUT2D eigenvalue weighted by Gasteiger charge is -2.25. The predicted molar refractivity (Wildman–Crippen MR) is 85.2 cm³/mol. The van der Waals surface area contributed by atoms with Gasteiger partial charge in [0.1, 0.15) is 0 Å². The summed E-state index contributed by atoms with van der Waals surface area (Å²) < 4.78 is 0. The molecular weight excluding hydrogens is 260 g/mol. The van der Waals surface area contributed by atoms with E-state index < -0.39 is 0 Å². The molecule has 0 aliphatic rings. The van der Waals surface area contributed by atoms with Crippen LogP contribution in [0, 0.1) is 0 Å². The lowest BCUT2D eigenvalue weighted by atomic mass is 10.0. The number of nitrogens with one attached hydrogen (secondary N) is 1. The van der Waals surface area contributed by atoms with Gasteiger partial charge in [-0.1, -0.05) is 36.4 Å². The molecule has 1 aromatic heterocycles. The van der Waals surface area contributed by atoms with Crippen molar-refractivity contribution in [1.29, 1.82) is 0 Å². The van der Waals surface area contributed by atoms with Crippen molar-refractivity contribution in [2.45, 2.75) is 13.0 Å². The van der Waals surface area contributed by atoms with Gasteiger partial charge in [-0.3, -0.25) is 4.79 Å². The molecule has 1 unspecified atom stereocenters. The zero-order valence-corrected chi connectivity index (χ0v) is 12.2. The molecule has 3 nitrogen and oxygen atoms in total. The fourth-order valence-electron chi connectivity index (χ4n) is 2.59. The molecule has 1 atom stereocenters. The van der Waals surface area contributed by atoms with Crippen LogP contribution in [0.15, 0.2) is 60.8 Å². The Bertz CT molecular complexity index is 761. The molecule has 0 saturated heterocycles. The summed E-state index contributed by atoms with van der Waals surface area (Å²) in [5.41, 5.74) is 2.86. The number of nitrogens with zero attached hydrogens (tertiary/aromatic N) is 1. The van der Waals surface area contributed by atoms with Gasteiger partial charge in [-0.25, -0.2) is 0 Å². The normalized spacial score (nSPS) is 12.3. The van der Waals surface area contributed by atoms with Gasteiger partial charge < -0.3 is 9.88 Å². The Morgan fingerprint density at radius 2 is 1.81 bits per heavy atom. The lowest BCUT2D eigenvalue weighted by molar-refractivity contribution is 0.0744. The molecule has 0 radical (unpaired) electrons. The number of hydrogen-bond acceptors (Lipinski definition) is 1. The topological polar surface area (TPSA) is 36.1 Å². The Balaban J connectivity index is 1.93. The van der Waals surface area contributed by atoms with Crippen LogP contribution in [0.3, 0.4) is 0 Å². The van der Waals surface area contributed by atoms with Gasteiger partial charge in [0.25, 0.3) is 5.91 Å². The first-order valence-corrected chi connectivity index (χ1v) is 7.06. The van der Waals surface area contributed by atoms with Crippen LogP contribution < -0.4 is 0 Å². The number of hydrogen-bond donors (Lipinski definition) is 1. The highest BCUT2D eigenvalue weighted by Crippen LogP contribution is 2.24. The van der Waals surface area contributed by atoms with Crippen LogP contribution in [0.5, 0.6) is 0 Å². The summed E-state index contributed by atoms with van der Waals surface area (Å²) in [6.45, 7) is 2.05. The minimum absolute atomic E-state index is 0.0351. The van der Waals surface area contributed by atoms with E-state index in [2.05, 4.69) is 4.98 Å². The summed E-state index contributed by atoms with van der Waals surface area (Å²) >= 11 is 0. The smallest absolute Gasteiger partial charge is 0.254 e. The third-order valence-electron chi connectivity index (χ3n) is 4.01. The van der Waals surface area contributed by atoms with Crippen molar-refractivity contribution in [1.82, 2.24) is 9.88 Å². The van der Waals surface area contributed by atoms with Crippen LogP contribution in [-0.4, -0.2) is 22.8 Å². The second-order valence-electron chi connectivity index (χ2n) is 5.25. The maximum atomic E-state index is 12.8. The van der Waals surface area contributed by atoms with E-state index in [-0.39, 0.29) is 11.9 Å². The Labute approximate surface area is 124 Å². The molecule has 0 bridgehead atoms. The summed E-state index contributed by atoms with van der Waals surface area (Å²) in [7, 11) is 1.85. The standard InChI is InChI=1S/C18H18N2O/c1-13(14-7-4-3-5-8-14)20(2)18(21)16-9-6-10-17-15(16)11-12-19-17/h3-13,19H,1-2H3. The number of benzene rings is 2. The monoisotopic (exact) mass is 278 g/mol. The average Bonchev–Trinajstić information content (AvgIpc) is 3.02. The number of fused-ring (bicyclic) bond motifs is 1. The molecule has 106 valence electrons. The van der Waals surface area contributed by atoms with Crippen molar-refractivity contribution < 1.29 is 4.79 Å². The van der Waals surface area contributed by atoms with Gasteiger partial charge in [-0.15, -0.1) is 0 Å². The molecule has 3 heteroatoms. The van der Waals surface area contributed by atoms with E-state index in [0.717, 1.165) is 22.0 Å². The second kappa shape index (κ2) is 5.44. The predicted octanol–water partition coefficient (Wildman–Crippen LogP) is 4.00. The molecule has 0 aliphatic heterocycles. The van der Waals surface area contributed by atoms with Crippen molar-refractivity contribution >= 4 is 16.8 Å². The van der Waals surface area contributed by atoms with E-state index in [9.17, 15) is 4.79 Å². The highest BCUT2D eigenvalue weighted by atomic mass is 16.2. The van der Waals surface area contributed by atoms with E-state index in [1.807, 2.05) is 74.8 Å². The van der Waals surface area contributed by atoms with Crippen LogP contribution in [0.2, 0.25) is 0 Å². The van der Waals surface area contributed by atoms with Crippen LogP contribution in [0.1, 0.15) is 28.9 Å². The molecule has 0 saturated carbocycles. The third-order valence-corrected chi connectivity index (χ3v) is 4.01. The van der Waals surface area contributed by atoms with E-state index >= 15 is 0 Å². The SMILES string of the molecule is CC(c1ccccc1)N(C)C(=O)c1cccc2[nH]ccc12. The molecule has 1 heterocycles. The summed E-state index contributed by atoms with van der Waals surface area (Å²) in [6, 6.07) is 17.8. The molecule has 1 amide bonds. The van der Waals surface area contributed by atoms with Gasteiger partial charge in [0.2, 0.25) is 0 Å². The number of aromatic amines is 1. The lowest BCUT2D eigenvalue weighted by Crippen LogP contribution is -2.29. The maximum Gasteiger partial charge on any atom is 0.254 e. The molecule has 0 aliphatic carbocycles. The van der Waals surface area contributed by atoms with Crippen molar-refractivity contribution in [3.8, 4) is 0 Å². The Morgan fingerprint density at radius 3 is 2.57 bits per heavy atom. The molecular formula is C18H18N2O. The molecule has 21 heavy (non-hydrogen) atoms. The summed E-state index contributed by atoms with van der Waals surface area (Å²) in [4.78, 5) is 17.7. The minimum Gasteiger partial charge on any atom is -0.361 e. The molecule has 3 aromatic rings. The summed E-state index contributed by atoms with van der Waals surface area (Å²) in [6.07, 6.45) is 1.86. The largest absolute Gasteiger partial charge is 0.361 e. The van der Waals surface area contributed by atoms with Gasteiger partial charge in [0.15, 0.2) is 0 Å². The van der Waals surface area contributed by atoms with Crippen LogP contribution in [0.4, 0.5) is 0 Å². The van der Waals surface area contributed by atoms with E-state index in [4.69, 9.17) is 0 Å². The van der Waals surface area contributed by atoms with E-state index in [0.29, 0.717) is 0 Å². The first-order valence-electron chi connectivity index (χ1n) is 7.06. The fraction of sp³-hybridized carbons (Fsp3) is 0.167. The quantitative estimate of drug-likeness (QED) is 0.772. The number of aromatic nitrogens is 1. The van der Waals surface area contributed by atoms with Crippen molar-refractivity contribution in [2.75, 3.05) is 7.05 Å². The van der Waals surface area contributed by atoms with E-state index in [1.54, 1.807) is 4.90 Å². The minimum atomic E-state index is 0.0351. The van der Waals surface area contributed by atoms with Crippen molar-refractivity contribution in [3.05, 3.63) is 71.9 Å². The first kappa shape index (κ1) is 13.4. The highest BCUT2D eigenvalue weighted by Gasteiger charge is 2.20. The average molecular weight is 278 g/mol. The van der Waals surface area contributed by atoms with Gasteiger partial charge in [0, 0.05) is 29.7 Å². The first-order chi connectivity index (χ1) is 10.2. The van der Waals surface area contributed by atoms with Crippen molar-refractivity contribution in [2.24, 2.45) is 0 Å². The number of H-pyrrole nitrogens is 1. The Morgan fingerprint density at radius 1 is 1.05 bits per heavy atom. The van der Waals surface area contributed by atoms with Crippen LogP contribution in [-0.2, 0) is 0 Å². The Kier molecular flexibility index (Phi) is 3.48. The van der Waals surface area contributed by atoms with Crippen LogP contribution >= 0.6 is 0 Å². The zero-order valence-electron chi connectivity index (χ0n) is 12.2. The van der Waals surface area contributed by atoms with Gasteiger partial charge in [0.05, 0.1) is 6.04 Å². The number of carbonyl (C=O) groups excluding carboxylic acids is 1. The molecule has 0 fully saturated rings. The van der Waals surface area contributed by atoms with Gasteiger partial charge >= 0.3 is 0 Å². The molecule has 3 rings (SSSR count). The third kappa shape index (κ3) is 2.42. The number of rotatable bonds is 3. The number of carbonyl (C=O) groups is 1. The molecule has 2 aromatic carbocycles. The maximum absolute atomic E-state index is 12.8. The van der Waals surface area contributed by atoms with Gasteiger partial charge in [-0.2, -0.15) is 0 Å². The molecule has 0 spiro atoms. The molecule has 1 N–H and O–H groups in total. The van der Waals surface area contributed by atoms with Gasteiger partial charge in [-0.05, 0) is 30.7 Å². The summed E-state index contributed by atoms with van der Waals surface area (Å²) in [5, 5.41) is 0.967. The van der Waals surface area contributed by atoms with Crippen LogP contribution in [0.25, 0.3) is 10.9 Å². The highest BCUT2D eigenvalue weighted by molar-refractivity contribution is 6.06. The van der Waals surface area contributed by atoms with E-state index in [1.165, 1.54) is 0 Å². The Hall–Kier alpha value is -2.55. The number of amides is 1. The second-order valence-corrected chi connectivity index (χ2v) is 5.25. The zero-order chi connectivity index (χ0) is 14.8.